The second kappa shape index (κ2) is 7.97. The lowest BCUT2D eigenvalue weighted by molar-refractivity contribution is -0.122. The molecule has 0 N–H and O–H groups in total. The summed E-state index contributed by atoms with van der Waals surface area (Å²) in [6, 6.07) is 9.11. The highest BCUT2D eigenvalue weighted by Crippen LogP contribution is 2.33. The third-order valence-electron chi connectivity index (χ3n) is 3.53. The standard InChI is InChI=1S/C16H22N2O3S2/c1-3-5-9-12-23(20,21)18-15(19)14(4-2)22-16(18)17-13-10-7-6-8-11-13/h6-8,10-11,14H,3-5,9,12H2,1-2H3/t14-/m1/s1. The summed E-state index contributed by atoms with van der Waals surface area (Å²) in [6.07, 6.45) is 2.90. The van der Waals surface area contributed by atoms with Gasteiger partial charge in [0.15, 0.2) is 5.17 Å². The van der Waals surface area contributed by atoms with E-state index in [4.69, 9.17) is 0 Å². The molecule has 1 saturated heterocycles. The largest absolute Gasteiger partial charge is 0.272 e. The molecular weight excluding hydrogens is 332 g/mol. The van der Waals surface area contributed by atoms with Crippen molar-refractivity contribution >= 4 is 38.5 Å². The zero-order valence-corrected chi connectivity index (χ0v) is 15.1. The minimum atomic E-state index is -3.66. The van der Waals surface area contributed by atoms with Gasteiger partial charge >= 0.3 is 0 Å². The Kier molecular flexibility index (Phi) is 6.24. The monoisotopic (exact) mass is 354 g/mol. The summed E-state index contributed by atoms with van der Waals surface area (Å²) < 4.78 is 26.1. The smallest absolute Gasteiger partial charge is 0.256 e. The molecule has 0 spiro atoms. The van der Waals surface area contributed by atoms with Crippen LogP contribution in [0.1, 0.15) is 39.5 Å². The predicted molar refractivity (Wildman–Crippen MR) is 95.4 cm³/mol. The maximum atomic E-state index is 12.6. The van der Waals surface area contributed by atoms with Crippen molar-refractivity contribution in [3.05, 3.63) is 30.3 Å². The molecule has 0 unspecified atom stereocenters. The summed E-state index contributed by atoms with van der Waals surface area (Å²) in [6.45, 7) is 3.89. The average molecular weight is 354 g/mol. The number of carbonyl (C=O) groups excluding carboxylic acids is 1. The van der Waals surface area contributed by atoms with Crippen LogP contribution >= 0.6 is 11.8 Å². The highest BCUT2D eigenvalue weighted by Gasteiger charge is 2.43. The van der Waals surface area contributed by atoms with Crippen molar-refractivity contribution in [3.8, 4) is 0 Å². The third-order valence-corrected chi connectivity index (χ3v) is 6.67. The van der Waals surface area contributed by atoms with Gasteiger partial charge in [0.2, 0.25) is 10.0 Å². The first-order valence-corrected chi connectivity index (χ1v) is 10.4. The predicted octanol–water partition coefficient (Wildman–Crippen LogP) is 3.55. The fraction of sp³-hybridized carbons (Fsp3) is 0.500. The van der Waals surface area contributed by atoms with E-state index < -0.39 is 10.0 Å². The molecule has 0 aromatic heterocycles. The van der Waals surface area contributed by atoms with Crippen molar-refractivity contribution in [2.24, 2.45) is 4.99 Å². The lowest BCUT2D eigenvalue weighted by Crippen LogP contribution is -2.39. The molecule has 1 heterocycles. The number of sulfonamides is 1. The fourth-order valence-electron chi connectivity index (χ4n) is 2.28. The Hall–Kier alpha value is -1.34. The molecule has 23 heavy (non-hydrogen) atoms. The first-order valence-electron chi connectivity index (χ1n) is 7.86. The van der Waals surface area contributed by atoms with Gasteiger partial charge in [0.25, 0.3) is 5.91 Å². The van der Waals surface area contributed by atoms with Crippen LogP contribution in [-0.4, -0.2) is 34.8 Å². The zero-order valence-electron chi connectivity index (χ0n) is 13.4. The molecule has 0 radical (unpaired) electrons. The van der Waals surface area contributed by atoms with Crippen LogP contribution in [0.25, 0.3) is 0 Å². The van der Waals surface area contributed by atoms with Crippen LogP contribution in [0, 0.1) is 0 Å². The van der Waals surface area contributed by atoms with Crippen LogP contribution < -0.4 is 0 Å². The van der Waals surface area contributed by atoms with Crippen molar-refractivity contribution in [1.82, 2.24) is 4.31 Å². The molecule has 126 valence electrons. The number of benzene rings is 1. The number of hydrogen-bond acceptors (Lipinski definition) is 5. The molecule has 1 fully saturated rings. The van der Waals surface area contributed by atoms with Gasteiger partial charge in [0, 0.05) is 0 Å². The summed E-state index contributed by atoms with van der Waals surface area (Å²) in [4.78, 5) is 16.8. The minimum Gasteiger partial charge on any atom is -0.272 e. The van der Waals surface area contributed by atoms with Crippen molar-refractivity contribution in [2.75, 3.05) is 5.75 Å². The number of amidine groups is 1. The summed E-state index contributed by atoms with van der Waals surface area (Å²) in [5.41, 5.74) is 0.647. The molecule has 1 aromatic rings. The van der Waals surface area contributed by atoms with Crippen molar-refractivity contribution in [3.63, 3.8) is 0 Å². The molecule has 1 amide bonds. The van der Waals surface area contributed by atoms with Gasteiger partial charge < -0.3 is 0 Å². The van der Waals surface area contributed by atoms with Gasteiger partial charge in [-0.15, -0.1) is 0 Å². The Bertz CT molecular complexity index is 672. The van der Waals surface area contributed by atoms with Crippen LogP contribution in [0.15, 0.2) is 35.3 Å². The van der Waals surface area contributed by atoms with Gasteiger partial charge in [0.05, 0.1) is 16.7 Å². The number of thioether (sulfide) groups is 1. The average Bonchev–Trinajstić information content (AvgIpc) is 2.84. The van der Waals surface area contributed by atoms with Crippen molar-refractivity contribution in [1.29, 1.82) is 0 Å². The molecule has 2 rings (SSSR count). The summed E-state index contributed by atoms with van der Waals surface area (Å²) >= 11 is 1.24. The maximum Gasteiger partial charge on any atom is 0.256 e. The van der Waals surface area contributed by atoms with Gasteiger partial charge in [-0.3, -0.25) is 4.79 Å². The first-order chi connectivity index (χ1) is 11.0. The molecule has 0 aliphatic carbocycles. The number of hydrogen-bond donors (Lipinski definition) is 0. The normalized spacial score (nSPS) is 20.4. The molecule has 0 bridgehead atoms. The summed E-state index contributed by atoms with van der Waals surface area (Å²) in [5.74, 6) is -0.388. The highest BCUT2D eigenvalue weighted by molar-refractivity contribution is 8.17. The molecule has 5 nitrogen and oxygen atoms in total. The van der Waals surface area contributed by atoms with Gasteiger partial charge in [0.1, 0.15) is 0 Å². The van der Waals surface area contributed by atoms with Gasteiger partial charge in [-0.2, -0.15) is 4.31 Å². The van der Waals surface area contributed by atoms with Crippen LogP contribution in [0.2, 0.25) is 0 Å². The number of carbonyl (C=O) groups is 1. The SMILES string of the molecule is CCCCCS(=O)(=O)N1C(=O)[C@@H](CC)SC1=Nc1ccccc1. The topological polar surface area (TPSA) is 66.8 Å². The molecule has 1 aromatic carbocycles. The van der Waals surface area contributed by atoms with Crippen molar-refractivity contribution < 1.29 is 13.2 Å². The van der Waals surface area contributed by atoms with Gasteiger partial charge in [-0.1, -0.05) is 56.7 Å². The van der Waals surface area contributed by atoms with Crippen LogP contribution in [0.4, 0.5) is 5.69 Å². The fourth-order valence-corrected chi connectivity index (χ4v) is 5.21. The van der Waals surface area contributed by atoms with Crippen LogP contribution in [-0.2, 0) is 14.8 Å². The second-order valence-electron chi connectivity index (χ2n) is 5.37. The van der Waals surface area contributed by atoms with Crippen LogP contribution in [0.5, 0.6) is 0 Å². The Morgan fingerprint density at radius 1 is 1.17 bits per heavy atom. The number of unbranched alkanes of at least 4 members (excludes halogenated alkanes) is 2. The highest BCUT2D eigenvalue weighted by atomic mass is 32.2. The second-order valence-corrected chi connectivity index (χ2v) is 8.48. The Balaban J connectivity index is 2.32. The van der Waals surface area contributed by atoms with Crippen molar-refractivity contribution in [2.45, 2.75) is 44.8 Å². The van der Waals surface area contributed by atoms with E-state index in [2.05, 4.69) is 4.99 Å². The molecule has 1 atom stereocenters. The van der Waals surface area contributed by atoms with E-state index in [0.29, 0.717) is 18.5 Å². The van der Waals surface area contributed by atoms with E-state index in [0.717, 1.165) is 17.1 Å². The maximum absolute atomic E-state index is 12.6. The van der Waals surface area contributed by atoms with E-state index in [1.165, 1.54) is 11.8 Å². The Morgan fingerprint density at radius 2 is 1.87 bits per heavy atom. The quantitative estimate of drug-likeness (QED) is 0.702. The van der Waals surface area contributed by atoms with E-state index in [9.17, 15) is 13.2 Å². The molecule has 1 aliphatic heterocycles. The summed E-state index contributed by atoms with van der Waals surface area (Å²) in [7, 11) is -3.66. The lowest BCUT2D eigenvalue weighted by atomic mass is 10.3. The van der Waals surface area contributed by atoms with Gasteiger partial charge in [-0.25, -0.2) is 13.4 Å². The lowest BCUT2D eigenvalue weighted by Gasteiger charge is -2.16. The number of nitrogens with zero attached hydrogens (tertiary/aromatic N) is 2. The van der Waals surface area contributed by atoms with Gasteiger partial charge in [-0.05, 0) is 25.0 Å². The molecule has 1 aliphatic rings. The molecule has 0 saturated carbocycles. The number of amides is 1. The zero-order chi connectivity index (χ0) is 16.9. The van der Waals surface area contributed by atoms with E-state index in [-0.39, 0.29) is 22.1 Å². The van der Waals surface area contributed by atoms with E-state index >= 15 is 0 Å². The summed E-state index contributed by atoms with van der Waals surface area (Å²) in [5, 5.41) is -0.108. The molecular formula is C16H22N2O3S2. The first kappa shape index (κ1) is 18.0. The number of aliphatic imine (C=N–C) groups is 1. The minimum absolute atomic E-state index is 0.0165. The van der Waals surface area contributed by atoms with Crippen LogP contribution in [0.3, 0.4) is 0 Å². The Morgan fingerprint density at radius 3 is 2.48 bits per heavy atom. The third kappa shape index (κ3) is 4.35. The Labute approximate surface area is 142 Å². The van der Waals surface area contributed by atoms with E-state index in [1.807, 2.05) is 32.0 Å². The number of rotatable bonds is 7. The molecule has 7 heteroatoms. The number of para-hydroxylation sites is 1. The van der Waals surface area contributed by atoms with E-state index in [1.54, 1.807) is 12.1 Å².